The van der Waals surface area contributed by atoms with Crippen LogP contribution >= 0.6 is 0 Å². The Morgan fingerprint density at radius 3 is 1.52 bits per heavy atom. The van der Waals surface area contributed by atoms with Crippen molar-refractivity contribution in [3.63, 3.8) is 0 Å². The van der Waals surface area contributed by atoms with E-state index in [0.717, 1.165) is 32.1 Å². The fourth-order valence-corrected chi connectivity index (χ4v) is 5.16. The Balaban J connectivity index is 4.09. The van der Waals surface area contributed by atoms with Crippen LogP contribution in [0.15, 0.2) is 24.3 Å². The van der Waals surface area contributed by atoms with Crippen molar-refractivity contribution < 1.29 is 51.4 Å². The Kier molecular flexibility index (Phi) is 20.2. The number of nitrogens with one attached hydrogen (secondary N) is 2. The normalized spacial score (nSPS) is 11.3. The second-order valence-electron chi connectivity index (χ2n) is 10.1. The Morgan fingerprint density at radius 2 is 1.10 bits per heavy atom. The van der Waals surface area contributed by atoms with Crippen molar-refractivity contribution in [2.24, 2.45) is 0 Å². The van der Waals surface area contributed by atoms with Crippen LogP contribution in [0.5, 0.6) is 0 Å². The zero-order chi connectivity index (χ0) is 32.0. The number of ether oxygens (including phenoxy) is 4. The first-order valence-corrected chi connectivity index (χ1v) is 15.9. The Labute approximate surface area is 251 Å². The van der Waals surface area contributed by atoms with Crippen LogP contribution in [0.1, 0.15) is 65.7 Å². The van der Waals surface area contributed by atoms with Gasteiger partial charge in [0.2, 0.25) is 0 Å². The molecule has 0 saturated carbocycles. The van der Waals surface area contributed by atoms with E-state index in [1.807, 2.05) is 0 Å². The van der Waals surface area contributed by atoms with Gasteiger partial charge in [0, 0.05) is 45.1 Å². The third-order valence-electron chi connectivity index (χ3n) is 6.01. The lowest BCUT2D eigenvalue weighted by atomic mass is 10.1. The molecular weight excluding hydrogens is 568 g/mol. The summed E-state index contributed by atoms with van der Waals surface area (Å²) in [5.74, 6) is -1.26. The molecule has 14 heteroatoms. The smallest absolute Gasteiger partial charge is 0.460 e. The summed E-state index contributed by atoms with van der Waals surface area (Å²) >= 11 is 0. The standard InChI is InChI=1S/C28H50N2O11Si/c1-22(2)24(31)40-20-28(5,21-41-25(32)23(3)4)30-27(34)39-18-14-12-10-9-11-13-17-38-26(33)29-16-15-19-42(35-6,36-7)37-8/h1,3,9-21H2,2,4-8H3,(H,29,33)(H,30,34). The molecule has 0 heterocycles. The van der Waals surface area contributed by atoms with Crippen LogP contribution in [0.2, 0.25) is 6.04 Å². The summed E-state index contributed by atoms with van der Waals surface area (Å²) in [7, 11) is 2.02. The van der Waals surface area contributed by atoms with E-state index < -0.39 is 38.5 Å². The van der Waals surface area contributed by atoms with E-state index in [4.69, 9.17) is 32.2 Å². The van der Waals surface area contributed by atoms with Gasteiger partial charge in [-0.25, -0.2) is 19.2 Å². The highest BCUT2D eigenvalue weighted by molar-refractivity contribution is 6.60. The van der Waals surface area contributed by atoms with Gasteiger partial charge in [0.1, 0.15) is 18.8 Å². The number of amides is 2. The lowest BCUT2D eigenvalue weighted by Crippen LogP contribution is -2.53. The van der Waals surface area contributed by atoms with Crippen molar-refractivity contribution >= 4 is 32.9 Å². The molecule has 0 saturated heterocycles. The molecule has 0 aliphatic heterocycles. The van der Waals surface area contributed by atoms with Crippen molar-refractivity contribution in [3.05, 3.63) is 24.3 Å². The van der Waals surface area contributed by atoms with Crippen molar-refractivity contribution in [1.29, 1.82) is 0 Å². The second kappa shape index (κ2) is 21.7. The van der Waals surface area contributed by atoms with Crippen molar-refractivity contribution in [3.8, 4) is 0 Å². The van der Waals surface area contributed by atoms with Gasteiger partial charge in [0.25, 0.3) is 0 Å². The molecule has 0 unspecified atom stereocenters. The van der Waals surface area contributed by atoms with E-state index in [2.05, 4.69) is 23.8 Å². The van der Waals surface area contributed by atoms with Gasteiger partial charge in [-0.3, -0.25) is 0 Å². The second-order valence-corrected chi connectivity index (χ2v) is 13.2. The summed E-state index contributed by atoms with van der Waals surface area (Å²) in [5.41, 5.74) is -0.813. The molecule has 0 spiro atoms. The van der Waals surface area contributed by atoms with Gasteiger partial charge in [-0.05, 0) is 40.0 Å². The summed E-state index contributed by atoms with van der Waals surface area (Å²) in [4.78, 5) is 47.7. The van der Waals surface area contributed by atoms with E-state index in [-0.39, 0.29) is 31.0 Å². The Bertz CT molecular complexity index is 840. The molecule has 0 radical (unpaired) electrons. The molecular formula is C28H50N2O11Si. The molecule has 2 amide bonds. The van der Waals surface area contributed by atoms with Gasteiger partial charge in [-0.15, -0.1) is 0 Å². The third kappa shape index (κ3) is 17.8. The summed E-state index contributed by atoms with van der Waals surface area (Å²) in [6.45, 7) is 12.1. The third-order valence-corrected chi connectivity index (χ3v) is 8.84. The highest BCUT2D eigenvalue weighted by atomic mass is 28.4. The van der Waals surface area contributed by atoms with E-state index >= 15 is 0 Å². The van der Waals surface area contributed by atoms with Gasteiger partial charge >= 0.3 is 32.9 Å². The minimum Gasteiger partial charge on any atom is -0.460 e. The SMILES string of the molecule is C=C(C)C(=O)OCC(C)(COC(=O)C(=C)C)NC(=O)OCCCCCCCCOC(=O)NCCC[Si](OC)(OC)OC. The molecule has 0 bridgehead atoms. The van der Waals surface area contributed by atoms with Gasteiger partial charge in [-0.2, -0.15) is 0 Å². The maximum Gasteiger partial charge on any atom is 0.500 e. The average Bonchev–Trinajstić information content (AvgIpc) is 2.96. The number of hydrogen-bond acceptors (Lipinski definition) is 11. The molecule has 0 aliphatic carbocycles. The summed E-state index contributed by atoms with van der Waals surface area (Å²) in [6, 6.07) is 0.589. The van der Waals surface area contributed by atoms with Gasteiger partial charge in [-0.1, -0.05) is 38.8 Å². The Morgan fingerprint density at radius 1 is 0.667 bits per heavy atom. The van der Waals surface area contributed by atoms with E-state index in [9.17, 15) is 19.2 Å². The van der Waals surface area contributed by atoms with E-state index in [1.54, 1.807) is 28.3 Å². The molecule has 0 aliphatic rings. The number of unbranched alkanes of at least 4 members (excludes halogenated alkanes) is 5. The number of carbonyl (C=O) groups excluding carboxylic acids is 4. The molecule has 0 aromatic heterocycles. The van der Waals surface area contributed by atoms with Crippen LogP contribution < -0.4 is 10.6 Å². The molecule has 242 valence electrons. The van der Waals surface area contributed by atoms with Crippen LogP contribution in [-0.2, 0) is 41.8 Å². The zero-order valence-corrected chi connectivity index (χ0v) is 27.1. The monoisotopic (exact) mass is 618 g/mol. The van der Waals surface area contributed by atoms with Crippen molar-refractivity contribution in [2.75, 3.05) is 54.3 Å². The first-order chi connectivity index (χ1) is 19.8. The minimum atomic E-state index is -2.63. The lowest BCUT2D eigenvalue weighted by Gasteiger charge is -2.29. The van der Waals surface area contributed by atoms with Gasteiger partial charge in [0.05, 0.1) is 13.2 Å². The average molecular weight is 619 g/mol. The largest absolute Gasteiger partial charge is 0.500 e. The van der Waals surface area contributed by atoms with Crippen molar-refractivity contribution in [2.45, 2.75) is 77.3 Å². The number of alkyl carbamates (subject to hydrolysis) is 2. The summed E-state index contributed by atoms with van der Waals surface area (Å²) in [5, 5.41) is 5.32. The first kappa shape index (κ1) is 39.1. The first-order valence-electron chi connectivity index (χ1n) is 14.0. The molecule has 42 heavy (non-hydrogen) atoms. The summed E-state index contributed by atoms with van der Waals surface area (Å²) in [6.07, 6.45) is 4.55. The highest BCUT2D eigenvalue weighted by Crippen LogP contribution is 2.14. The topological polar surface area (TPSA) is 157 Å². The minimum absolute atomic E-state index is 0.199. The molecule has 0 aromatic rings. The summed E-state index contributed by atoms with van der Waals surface area (Å²) < 4.78 is 36.8. The van der Waals surface area contributed by atoms with Crippen LogP contribution in [0.4, 0.5) is 9.59 Å². The highest BCUT2D eigenvalue weighted by Gasteiger charge is 2.37. The molecule has 0 atom stereocenters. The number of esters is 2. The van der Waals surface area contributed by atoms with E-state index in [0.29, 0.717) is 32.0 Å². The number of rotatable bonds is 23. The molecule has 0 aromatic carbocycles. The molecule has 2 N–H and O–H groups in total. The zero-order valence-electron chi connectivity index (χ0n) is 26.1. The molecule has 0 rings (SSSR count). The maximum atomic E-state index is 12.3. The van der Waals surface area contributed by atoms with Crippen molar-refractivity contribution in [1.82, 2.24) is 10.6 Å². The van der Waals surface area contributed by atoms with Crippen LogP contribution in [0.25, 0.3) is 0 Å². The maximum absolute atomic E-state index is 12.3. The van der Waals surface area contributed by atoms with Crippen LogP contribution in [-0.4, -0.2) is 92.8 Å². The van der Waals surface area contributed by atoms with Crippen LogP contribution in [0, 0.1) is 0 Å². The molecule has 0 fully saturated rings. The van der Waals surface area contributed by atoms with E-state index in [1.165, 1.54) is 13.8 Å². The molecule has 13 nitrogen and oxygen atoms in total. The quantitative estimate of drug-likeness (QED) is 0.0560. The number of hydrogen-bond donors (Lipinski definition) is 2. The lowest BCUT2D eigenvalue weighted by molar-refractivity contribution is -0.145. The predicted octanol–water partition coefficient (Wildman–Crippen LogP) is 4.04. The van der Waals surface area contributed by atoms with Gasteiger partial charge in [0.15, 0.2) is 0 Å². The number of carbonyl (C=O) groups is 4. The van der Waals surface area contributed by atoms with Crippen LogP contribution in [0.3, 0.4) is 0 Å². The fraction of sp³-hybridized carbons (Fsp3) is 0.714. The van der Waals surface area contributed by atoms with Gasteiger partial charge < -0.3 is 42.9 Å². The predicted molar refractivity (Wildman–Crippen MR) is 158 cm³/mol. The fourth-order valence-electron chi connectivity index (χ4n) is 3.44. The Hall–Kier alpha value is -2.94.